The van der Waals surface area contributed by atoms with Crippen molar-refractivity contribution in [1.29, 1.82) is 0 Å². The van der Waals surface area contributed by atoms with E-state index >= 15 is 0 Å². The van der Waals surface area contributed by atoms with E-state index in [1.807, 2.05) is 0 Å². The van der Waals surface area contributed by atoms with Crippen molar-refractivity contribution < 1.29 is 56.8 Å². The van der Waals surface area contributed by atoms with Crippen LogP contribution >= 0.6 is 12.6 Å². The summed E-state index contributed by atoms with van der Waals surface area (Å²) in [5.41, 5.74) is 0. The fourth-order valence-corrected chi connectivity index (χ4v) is 3.19. The van der Waals surface area contributed by atoms with Crippen molar-refractivity contribution in [1.82, 2.24) is 0 Å². The molecular formula is C27H58O12S. The third-order valence-electron chi connectivity index (χ3n) is 5.17. The summed E-state index contributed by atoms with van der Waals surface area (Å²) in [5.74, 6) is 0. The van der Waals surface area contributed by atoms with E-state index < -0.39 is 12.2 Å². The minimum absolute atomic E-state index is 0.235. The third kappa shape index (κ3) is 28.0. The molecule has 0 aliphatic heterocycles. The van der Waals surface area contributed by atoms with Gasteiger partial charge in [-0.1, -0.05) is 6.92 Å². The maximum atomic E-state index is 6.27. The van der Waals surface area contributed by atoms with Gasteiger partial charge in [0.05, 0.1) is 118 Å². The van der Waals surface area contributed by atoms with E-state index in [1.165, 1.54) is 0 Å². The zero-order valence-corrected chi connectivity index (χ0v) is 26.7. The van der Waals surface area contributed by atoms with E-state index in [0.29, 0.717) is 112 Å². The topological polar surface area (TPSA) is 111 Å². The zero-order valence-electron chi connectivity index (χ0n) is 25.8. The Labute approximate surface area is 248 Å². The molecule has 0 radical (unpaired) electrons. The standard InChI is InChI=1S/C26H54O12.CH4S/c1-6-24(36-20-17-32-12-8-28-3)26(38-22-19-34-14-10-30-5)25(37-21-18-33-13-9-29-4)23-35-16-15-31-11-7-27-2;1-2/h24-26H,6-23H2,1-5H3;2H,1H3. The third-order valence-corrected chi connectivity index (χ3v) is 5.17. The molecule has 0 fully saturated rings. The maximum Gasteiger partial charge on any atom is 0.112 e. The van der Waals surface area contributed by atoms with Gasteiger partial charge in [0, 0.05) is 28.4 Å². The molecule has 0 heterocycles. The fourth-order valence-electron chi connectivity index (χ4n) is 3.19. The highest BCUT2D eigenvalue weighted by atomic mass is 32.1. The molecule has 0 aromatic rings. The number of thiol groups is 1. The Morgan fingerprint density at radius 2 is 0.725 bits per heavy atom. The second-order valence-electron chi connectivity index (χ2n) is 8.06. The first-order valence-electron chi connectivity index (χ1n) is 13.9. The molecule has 0 saturated heterocycles. The molecule has 0 bridgehead atoms. The summed E-state index contributed by atoms with van der Waals surface area (Å²) < 4.78 is 66.8. The molecule has 3 atom stereocenters. The Morgan fingerprint density at radius 3 is 1.12 bits per heavy atom. The second-order valence-corrected chi connectivity index (χ2v) is 8.06. The van der Waals surface area contributed by atoms with E-state index in [1.54, 1.807) is 34.7 Å². The number of rotatable bonds is 32. The normalized spacial score (nSPS) is 13.6. The second kappa shape index (κ2) is 36.9. The molecule has 0 N–H and O–H groups in total. The van der Waals surface area contributed by atoms with Gasteiger partial charge in [-0.25, -0.2) is 0 Å². The summed E-state index contributed by atoms with van der Waals surface area (Å²) in [6.45, 7) is 9.93. The lowest BCUT2D eigenvalue weighted by atomic mass is 10.1. The van der Waals surface area contributed by atoms with Crippen molar-refractivity contribution in [3.8, 4) is 0 Å². The Morgan fingerprint density at radius 1 is 0.400 bits per heavy atom. The molecule has 244 valence electrons. The van der Waals surface area contributed by atoms with Crippen LogP contribution in [0, 0.1) is 0 Å². The van der Waals surface area contributed by atoms with E-state index in [0.717, 1.165) is 6.42 Å². The Kier molecular flexibility index (Phi) is 38.7. The fraction of sp³-hybridized carbons (Fsp3) is 1.00. The first kappa shape index (κ1) is 42.0. The van der Waals surface area contributed by atoms with Gasteiger partial charge in [-0.3, -0.25) is 0 Å². The van der Waals surface area contributed by atoms with E-state index in [2.05, 4.69) is 19.6 Å². The number of hydrogen-bond donors (Lipinski definition) is 1. The van der Waals surface area contributed by atoms with Crippen molar-refractivity contribution in [2.75, 3.05) is 147 Å². The monoisotopic (exact) mass is 606 g/mol. The van der Waals surface area contributed by atoms with Gasteiger partial charge in [-0.15, -0.1) is 0 Å². The first-order chi connectivity index (χ1) is 19.7. The quantitative estimate of drug-likeness (QED) is 0.0890. The van der Waals surface area contributed by atoms with E-state index in [-0.39, 0.29) is 6.10 Å². The van der Waals surface area contributed by atoms with Crippen molar-refractivity contribution in [2.24, 2.45) is 0 Å². The van der Waals surface area contributed by atoms with Gasteiger partial charge in [0.25, 0.3) is 0 Å². The summed E-state index contributed by atoms with van der Waals surface area (Å²) in [4.78, 5) is 0. The molecule has 0 spiro atoms. The number of ether oxygens (including phenoxy) is 12. The highest BCUT2D eigenvalue weighted by Crippen LogP contribution is 2.17. The largest absolute Gasteiger partial charge is 0.382 e. The average Bonchev–Trinajstić information content (AvgIpc) is 2.98. The molecule has 0 aliphatic rings. The van der Waals surface area contributed by atoms with Crippen LogP contribution < -0.4 is 0 Å². The highest BCUT2D eigenvalue weighted by molar-refractivity contribution is 7.79. The van der Waals surface area contributed by atoms with Gasteiger partial charge in [0.1, 0.15) is 12.2 Å². The SMILES string of the molecule is CCC(OCCOCCOC)C(OCCOCCOC)C(COCCOCCOC)OCCOCCOC.CS. The minimum atomic E-state index is -0.390. The molecule has 12 nitrogen and oxygen atoms in total. The predicted octanol–water partition coefficient (Wildman–Crippen LogP) is 1.77. The van der Waals surface area contributed by atoms with Gasteiger partial charge in [0.2, 0.25) is 0 Å². The van der Waals surface area contributed by atoms with Gasteiger partial charge >= 0.3 is 0 Å². The molecule has 13 heteroatoms. The zero-order chi connectivity index (χ0) is 29.9. The summed E-state index contributed by atoms with van der Waals surface area (Å²) in [7, 11) is 6.56. The molecule has 0 aliphatic carbocycles. The van der Waals surface area contributed by atoms with E-state index in [4.69, 9.17) is 56.8 Å². The predicted molar refractivity (Wildman–Crippen MR) is 156 cm³/mol. The number of methoxy groups -OCH3 is 4. The molecule has 0 amide bonds. The van der Waals surface area contributed by atoms with Gasteiger partial charge in [0.15, 0.2) is 0 Å². The van der Waals surface area contributed by atoms with Crippen LogP contribution in [0.5, 0.6) is 0 Å². The van der Waals surface area contributed by atoms with E-state index in [9.17, 15) is 0 Å². The van der Waals surface area contributed by atoms with Crippen LogP contribution in [0.3, 0.4) is 0 Å². The van der Waals surface area contributed by atoms with Crippen molar-refractivity contribution in [3.63, 3.8) is 0 Å². The Balaban J connectivity index is 0. The molecule has 0 rings (SSSR count). The van der Waals surface area contributed by atoms with Crippen molar-refractivity contribution >= 4 is 12.6 Å². The van der Waals surface area contributed by atoms with Crippen LogP contribution in [0.15, 0.2) is 0 Å². The molecule has 3 unspecified atom stereocenters. The lowest BCUT2D eigenvalue weighted by molar-refractivity contribution is -0.169. The van der Waals surface area contributed by atoms with Crippen LogP contribution in [0.2, 0.25) is 0 Å². The van der Waals surface area contributed by atoms with Gasteiger partial charge in [-0.2, -0.15) is 12.6 Å². The Hall–Kier alpha value is -0.130. The van der Waals surface area contributed by atoms with Crippen LogP contribution in [-0.4, -0.2) is 165 Å². The number of hydrogen-bond acceptors (Lipinski definition) is 13. The summed E-state index contributed by atoms with van der Waals surface area (Å²) in [6, 6.07) is 0. The smallest absolute Gasteiger partial charge is 0.112 e. The van der Waals surface area contributed by atoms with Crippen molar-refractivity contribution in [3.05, 3.63) is 0 Å². The molecule has 0 aromatic heterocycles. The molecule has 40 heavy (non-hydrogen) atoms. The minimum Gasteiger partial charge on any atom is -0.382 e. The van der Waals surface area contributed by atoms with Crippen molar-refractivity contribution in [2.45, 2.75) is 31.7 Å². The van der Waals surface area contributed by atoms with Gasteiger partial charge < -0.3 is 56.8 Å². The lowest BCUT2D eigenvalue weighted by Gasteiger charge is -2.33. The van der Waals surface area contributed by atoms with Gasteiger partial charge in [-0.05, 0) is 12.7 Å². The highest BCUT2D eigenvalue weighted by Gasteiger charge is 2.31. The maximum absolute atomic E-state index is 6.27. The van der Waals surface area contributed by atoms with Crippen LogP contribution in [0.1, 0.15) is 13.3 Å². The van der Waals surface area contributed by atoms with Crippen LogP contribution in [-0.2, 0) is 56.8 Å². The summed E-state index contributed by atoms with van der Waals surface area (Å²) >= 11 is 3.53. The average molecular weight is 607 g/mol. The Bertz CT molecular complexity index is 454. The molecular weight excluding hydrogens is 548 g/mol. The van der Waals surface area contributed by atoms with Crippen LogP contribution in [0.25, 0.3) is 0 Å². The van der Waals surface area contributed by atoms with Crippen LogP contribution in [0.4, 0.5) is 0 Å². The lowest BCUT2D eigenvalue weighted by Crippen LogP contribution is -2.46. The summed E-state index contributed by atoms with van der Waals surface area (Å²) in [5, 5.41) is 0. The first-order valence-corrected chi connectivity index (χ1v) is 14.8. The molecule has 0 aromatic carbocycles. The molecule has 0 saturated carbocycles. The summed E-state index contributed by atoms with van der Waals surface area (Å²) in [6.07, 6.45) is 1.40.